The van der Waals surface area contributed by atoms with Crippen molar-refractivity contribution in [1.29, 1.82) is 0 Å². The van der Waals surface area contributed by atoms with Crippen LogP contribution in [0.3, 0.4) is 0 Å². The van der Waals surface area contributed by atoms with E-state index in [9.17, 15) is 8.78 Å². The van der Waals surface area contributed by atoms with Crippen LogP contribution in [0.5, 0.6) is 0 Å². The monoisotopic (exact) mass is 269 g/mol. The number of pyridine rings is 1. The number of nitrogens with zero attached hydrogens (tertiary/aromatic N) is 1. The number of hydrogen-bond acceptors (Lipinski definition) is 1. The van der Waals surface area contributed by atoms with Gasteiger partial charge in [-0.05, 0) is 46.3 Å². The van der Waals surface area contributed by atoms with Crippen molar-refractivity contribution in [2.45, 2.75) is 0 Å². The first-order valence-electron chi connectivity index (χ1n) is 4.24. The highest BCUT2D eigenvalue weighted by Crippen LogP contribution is 2.22. The SMILES string of the molecule is Fc1ccc(F)c(-c2ccc(Br)cn2)c1. The van der Waals surface area contributed by atoms with Crippen molar-refractivity contribution in [3.05, 3.63) is 52.6 Å². The van der Waals surface area contributed by atoms with Crippen molar-refractivity contribution >= 4 is 15.9 Å². The van der Waals surface area contributed by atoms with Gasteiger partial charge in [0, 0.05) is 16.2 Å². The summed E-state index contributed by atoms with van der Waals surface area (Å²) < 4.78 is 27.0. The van der Waals surface area contributed by atoms with Gasteiger partial charge in [-0.15, -0.1) is 0 Å². The fourth-order valence-corrected chi connectivity index (χ4v) is 1.46. The smallest absolute Gasteiger partial charge is 0.132 e. The van der Waals surface area contributed by atoms with Crippen molar-refractivity contribution in [1.82, 2.24) is 4.98 Å². The Labute approximate surface area is 93.9 Å². The molecule has 0 aliphatic carbocycles. The summed E-state index contributed by atoms with van der Waals surface area (Å²) in [5.41, 5.74) is 0.581. The van der Waals surface area contributed by atoms with E-state index in [0.29, 0.717) is 5.69 Å². The van der Waals surface area contributed by atoms with E-state index in [4.69, 9.17) is 0 Å². The Morgan fingerprint density at radius 3 is 2.53 bits per heavy atom. The normalized spacial score (nSPS) is 10.3. The second-order valence-corrected chi connectivity index (χ2v) is 3.90. The average molecular weight is 270 g/mol. The first-order chi connectivity index (χ1) is 7.16. The first kappa shape index (κ1) is 10.2. The van der Waals surface area contributed by atoms with Crippen molar-refractivity contribution in [3.8, 4) is 11.3 Å². The molecule has 0 radical (unpaired) electrons. The largest absolute Gasteiger partial charge is 0.255 e. The minimum absolute atomic E-state index is 0.169. The van der Waals surface area contributed by atoms with Crippen LogP contribution in [0.15, 0.2) is 41.0 Å². The molecule has 1 aromatic heterocycles. The van der Waals surface area contributed by atoms with Crippen LogP contribution in [-0.2, 0) is 0 Å². The number of benzene rings is 1. The third kappa shape index (κ3) is 2.21. The van der Waals surface area contributed by atoms with E-state index < -0.39 is 11.6 Å². The molecule has 0 amide bonds. The molecule has 1 aromatic carbocycles. The molecule has 4 heteroatoms. The second-order valence-electron chi connectivity index (χ2n) is 2.99. The molecule has 1 heterocycles. The highest BCUT2D eigenvalue weighted by atomic mass is 79.9. The Balaban J connectivity index is 2.53. The van der Waals surface area contributed by atoms with Gasteiger partial charge in [-0.2, -0.15) is 0 Å². The number of hydrogen-bond donors (Lipinski definition) is 0. The summed E-state index contributed by atoms with van der Waals surface area (Å²) in [7, 11) is 0. The first-order valence-corrected chi connectivity index (χ1v) is 5.03. The molecule has 15 heavy (non-hydrogen) atoms. The molecule has 0 aliphatic heterocycles. The Morgan fingerprint density at radius 1 is 1.07 bits per heavy atom. The molecule has 2 aromatic rings. The van der Waals surface area contributed by atoms with Crippen LogP contribution < -0.4 is 0 Å². The lowest BCUT2D eigenvalue weighted by atomic mass is 10.1. The molecule has 0 bridgehead atoms. The van der Waals surface area contributed by atoms with Crippen molar-refractivity contribution in [2.24, 2.45) is 0 Å². The zero-order chi connectivity index (χ0) is 10.8. The minimum atomic E-state index is -0.480. The lowest BCUT2D eigenvalue weighted by Crippen LogP contribution is -1.88. The van der Waals surface area contributed by atoms with E-state index in [1.165, 1.54) is 0 Å². The predicted octanol–water partition coefficient (Wildman–Crippen LogP) is 3.79. The van der Waals surface area contributed by atoms with Gasteiger partial charge in [0.05, 0.1) is 5.69 Å². The van der Waals surface area contributed by atoms with Crippen molar-refractivity contribution in [3.63, 3.8) is 0 Å². The van der Waals surface area contributed by atoms with Gasteiger partial charge in [-0.1, -0.05) is 0 Å². The quantitative estimate of drug-likeness (QED) is 0.768. The van der Waals surface area contributed by atoms with Gasteiger partial charge >= 0.3 is 0 Å². The summed E-state index contributed by atoms with van der Waals surface area (Å²) in [5.74, 6) is -0.956. The number of aromatic nitrogens is 1. The van der Waals surface area contributed by atoms with E-state index in [1.54, 1.807) is 18.3 Å². The topological polar surface area (TPSA) is 12.9 Å². The third-order valence-electron chi connectivity index (χ3n) is 1.93. The number of rotatable bonds is 1. The van der Waals surface area contributed by atoms with Crippen LogP contribution in [0.25, 0.3) is 11.3 Å². The molecule has 76 valence electrons. The molecular weight excluding hydrogens is 264 g/mol. The van der Waals surface area contributed by atoms with Crippen molar-refractivity contribution < 1.29 is 8.78 Å². The summed E-state index contributed by atoms with van der Waals surface area (Å²) in [5, 5.41) is 0. The van der Waals surface area contributed by atoms with Gasteiger partial charge in [0.1, 0.15) is 11.6 Å². The fraction of sp³-hybridized carbons (Fsp3) is 0. The Kier molecular flexibility index (Phi) is 2.77. The third-order valence-corrected chi connectivity index (χ3v) is 2.40. The summed E-state index contributed by atoms with van der Waals surface area (Å²) >= 11 is 3.22. The lowest BCUT2D eigenvalue weighted by molar-refractivity contribution is 0.602. The molecular formula is C11H6BrF2N. The summed E-state index contributed by atoms with van der Waals surface area (Å²) in [4.78, 5) is 4.00. The molecule has 0 saturated carbocycles. The summed E-state index contributed by atoms with van der Waals surface area (Å²) in [6.45, 7) is 0. The molecule has 0 saturated heterocycles. The highest BCUT2D eigenvalue weighted by molar-refractivity contribution is 9.10. The van der Waals surface area contributed by atoms with Crippen LogP contribution in [0, 0.1) is 11.6 Å². The Hall–Kier alpha value is -1.29. The molecule has 0 spiro atoms. The van der Waals surface area contributed by atoms with Gasteiger partial charge in [0.2, 0.25) is 0 Å². The van der Waals surface area contributed by atoms with Gasteiger partial charge < -0.3 is 0 Å². The Morgan fingerprint density at radius 2 is 1.87 bits per heavy atom. The second kappa shape index (κ2) is 4.06. The van der Waals surface area contributed by atoms with Crippen LogP contribution in [0.4, 0.5) is 8.78 Å². The molecule has 0 unspecified atom stereocenters. The molecule has 2 rings (SSSR count). The van der Waals surface area contributed by atoms with Crippen LogP contribution in [0.1, 0.15) is 0 Å². The van der Waals surface area contributed by atoms with Crippen molar-refractivity contribution in [2.75, 3.05) is 0 Å². The van der Waals surface area contributed by atoms with Gasteiger partial charge in [0.15, 0.2) is 0 Å². The zero-order valence-electron chi connectivity index (χ0n) is 7.55. The standard InChI is InChI=1S/C11H6BrF2N/c12-7-1-4-11(15-6-7)9-5-8(13)2-3-10(9)14/h1-6H. The van der Waals surface area contributed by atoms with Gasteiger partial charge in [-0.3, -0.25) is 4.98 Å². The van der Waals surface area contributed by atoms with Crippen LogP contribution in [-0.4, -0.2) is 4.98 Å². The van der Waals surface area contributed by atoms with Crippen LogP contribution >= 0.6 is 15.9 Å². The van der Waals surface area contributed by atoms with Gasteiger partial charge in [0.25, 0.3) is 0 Å². The molecule has 0 aliphatic rings. The van der Waals surface area contributed by atoms with Crippen LogP contribution in [0.2, 0.25) is 0 Å². The molecule has 0 atom stereocenters. The lowest BCUT2D eigenvalue weighted by Gasteiger charge is -2.02. The summed E-state index contributed by atoms with van der Waals surface area (Å²) in [6.07, 6.45) is 1.54. The van der Waals surface area contributed by atoms with E-state index in [2.05, 4.69) is 20.9 Å². The van der Waals surface area contributed by atoms with E-state index in [0.717, 1.165) is 22.7 Å². The zero-order valence-corrected chi connectivity index (χ0v) is 9.13. The van der Waals surface area contributed by atoms with E-state index >= 15 is 0 Å². The molecule has 0 N–H and O–H groups in total. The fourth-order valence-electron chi connectivity index (χ4n) is 1.23. The Bertz CT molecular complexity index is 482. The van der Waals surface area contributed by atoms with E-state index in [-0.39, 0.29) is 5.56 Å². The maximum Gasteiger partial charge on any atom is 0.132 e. The van der Waals surface area contributed by atoms with E-state index in [1.807, 2.05) is 0 Å². The van der Waals surface area contributed by atoms with Gasteiger partial charge in [-0.25, -0.2) is 8.78 Å². The molecule has 0 fully saturated rings. The minimum Gasteiger partial charge on any atom is -0.255 e. The number of halogens is 3. The summed E-state index contributed by atoms with van der Waals surface area (Å²) in [6, 6.07) is 6.66. The maximum atomic E-state index is 13.3. The molecule has 1 nitrogen and oxygen atoms in total. The maximum absolute atomic E-state index is 13.3. The average Bonchev–Trinajstić information content (AvgIpc) is 2.23. The predicted molar refractivity (Wildman–Crippen MR) is 57.3 cm³/mol. The highest BCUT2D eigenvalue weighted by Gasteiger charge is 2.07.